The van der Waals surface area contributed by atoms with Crippen molar-refractivity contribution in [2.45, 2.75) is 62.6 Å². The van der Waals surface area contributed by atoms with Crippen LogP contribution in [0.1, 0.15) is 45.1 Å². The maximum absolute atomic E-state index is 12.7. The average molecular weight is 391 g/mol. The molecule has 0 saturated carbocycles. The van der Waals surface area contributed by atoms with Crippen molar-refractivity contribution in [3.05, 3.63) is 40.3 Å². The van der Waals surface area contributed by atoms with E-state index >= 15 is 0 Å². The molecule has 2 N–H and O–H groups in total. The fourth-order valence-electron chi connectivity index (χ4n) is 3.11. The van der Waals surface area contributed by atoms with Gasteiger partial charge in [-0.3, -0.25) is 9.36 Å². The number of aromatic amines is 1. The normalized spacial score (nSPS) is 18.0. The zero-order valence-corrected chi connectivity index (χ0v) is 16.7. The van der Waals surface area contributed by atoms with Gasteiger partial charge in [0.25, 0.3) is 0 Å². The van der Waals surface area contributed by atoms with Crippen molar-refractivity contribution >= 4 is 23.4 Å². The minimum atomic E-state index is -0.399. The van der Waals surface area contributed by atoms with Gasteiger partial charge in [-0.15, -0.1) is 5.10 Å². The van der Waals surface area contributed by atoms with Gasteiger partial charge in [0.2, 0.25) is 5.91 Å². The van der Waals surface area contributed by atoms with Crippen LogP contribution in [-0.4, -0.2) is 38.6 Å². The number of para-hydroxylation sites is 1. The Kier molecular flexibility index (Phi) is 6.38. The van der Waals surface area contributed by atoms with Gasteiger partial charge >= 0.3 is 5.69 Å². The third kappa shape index (κ3) is 4.81. The van der Waals surface area contributed by atoms with E-state index in [1.165, 1.54) is 11.8 Å². The first-order valence-electron chi connectivity index (χ1n) is 9.29. The Morgan fingerprint density at radius 2 is 2.19 bits per heavy atom. The smallest absolute Gasteiger partial charge is 0.344 e. The molecule has 3 rings (SSSR count). The molecule has 0 aliphatic carbocycles. The zero-order chi connectivity index (χ0) is 19.4. The molecule has 1 aromatic carbocycles. The van der Waals surface area contributed by atoms with E-state index in [2.05, 4.69) is 29.4 Å². The summed E-state index contributed by atoms with van der Waals surface area (Å²) in [5.74, 6) is 0.194. The first-order chi connectivity index (χ1) is 13.0. The van der Waals surface area contributed by atoms with E-state index in [4.69, 9.17) is 4.74 Å². The van der Waals surface area contributed by atoms with Crippen LogP contribution in [0.5, 0.6) is 0 Å². The molecule has 1 aliphatic rings. The van der Waals surface area contributed by atoms with Crippen molar-refractivity contribution in [1.29, 1.82) is 0 Å². The summed E-state index contributed by atoms with van der Waals surface area (Å²) in [5.41, 5.74) is 1.65. The number of ether oxygens (including phenoxy) is 1. The number of carbonyl (C=O) groups is 1. The summed E-state index contributed by atoms with van der Waals surface area (Å²) in [5, 5.41) is 9.68. The van der Waals surface area contributed by atoms with E-state index in [0.29, 0.717) is 17.6 Å². The van der Waals surface area contributed by atoms with E-state index in [-0.39, 0.29) is 17.7 Å². The lowest BCUT2D eigenvalue weighted by Gasteiger charge is -2.17. The highest BCUT2D eigenvalue weighted by Crippen LogP contribution is 2.26. The van der Waals surface area contributed by atoms with Gasteiger partial charge in [0.05, 0.1) is 17.9 Å². The highest BCUT2D eigenvalue weighted by atomic mass is 32.2. The number of anilines is 1. The maximum atomic E-state index is 12.7. The number of nitrogens with one attached hydrogen (secondary N) is 2. The second-order valence-corrected chi connectivity index (χ2v) is 8.36. The summed E-state index contributed by atoms with van der Waals surface area (Å²) >= 11 is 1.27. The lowest BCUT2D eigenvalue weighted by atomic mass is 10.0. The summed E-state index contributed by atoms with van der Waals surface area (Å²) in [6.45, 7) is 7.19. The van der Waals surface area contributed by atoms with Gasteiger partial charge in [-0.2, -0.15) is 0 Å². The topological polar surface area (TPSA) is 89.0 Å². The predicted octanol–water partition coefficient (Wildman–Crippen LogP) is 2.99. The summed E-state index contributed by atoms with van der Waals surface area (Å²) in [7, 11) is 0. The van der Waals surface area contributed by atoms with E-state index < -0.39 is 5.25 Å². The van der Waals surface area contributed by atoms with Crippen LogP contribution in [0.25, 0.3) is 0 Å². The number of thioether (sulfide) groups is 1. The largest absolute Gasteiger partial charge is 0.376 e. The molecule has 1 fully saturated rings. The van der Waals surface area contributed by atoms with Crippen molar-refractivity contribution < 1.29 is 9.53 Å². The molecular formula is C19H26N4O3S. The number of amides is 1. The molecule has 0 bridgehead atoms. The summed E-state index contributed by atoms with van der Waals surface area (Å²) in [6, 6.07) is 7.81. The van der Waals surface area contributed by atoms with E-state index in [1.807, 2.05) is 31.2 Å². The minimum Gasteiger partial charge on any atom is -0.376 e. The van der Waals surface area contributed by atoms with Crippen LogP contribution in [0.2, 0.25) is 0 Å². The number of rotatable bonds is 7. The van der Waals surface area contributed by atoms with Crippen LogP contribution < -0.4 is 11.0 Å². The Bertz CT molecular complexity index is 839. The van der Waals surface area contributed by atoms with Crippen molar-refractivity contribution in [3.8, 4) is 0 Å². The molecule has 1 aliphatic heterocycles. The Labute approximate surface area is 162 Å². The summed E-state index contributed by atoms with van der Waals surface area (Å²) in [6.07, 6.45) is 1.97. The lowest BCUT2D eigenvalue weighted by molar-refractivity contribution is -0.115. The summed E-state index contributed by atoms with van der Waals surface area (Å²) < 4.78 is 7.18. The van der Waals surface area contributed by atoms with Crippen LogP contribution >= 0.6 is 11.8 Å². The van der Waals surface area contributed by atoms with E-state index in [0.717, 1.165) is 30.7 Å². The third-order valence-electron chi connectivity index (χ3n) is 4.63. The predicted molar refractivity (Wildman–Crippen MR) is 106 cm³/mol. The molecule has 1 aromatic heterocycles. The number of carbonyl (C=O) groups excluding carboxylic acids is 1. The molecular weight excluding hydrogens is 364 g/mol. The number of hydrogen-bond donors (Lipinski definition) is 2. The highest BCUT2D eigenvalue weighted by Gasteiger charge is 2.23. The molecule has 1 saturated heterocycles. The molecule has 7 nitrogen and oxygen atoms in total. The van der Waals surface area contributed by atoms with Crippen LogP contribution in [0.4, 0.5) is 5.69 Å². The Morgan fingerprint density at radius 1 is 1.41 bits per heavy atom. The molecule has 8 heteroatoms. The van der Waals surface area contributed by atoms with Crippen LogP contribution in [0, 0.1) is 0 Å². The monoisotopic (exact) mass is 390 g/mol. The fraction of sp³-hybridized carbons (Fsp3) is 0.526. The van der Waals surface area contributed by atoms with Gasteiger partial charge in [0, 0.05) is 12.3 Å². The Balaban J connectivity index is 1.68. The Morgan fingerprint density at radius 3 is 2.89 bits per heavy atom. The van der Waals surface area contributed by atoms with Gasteiger partial charge in [-0.1, -0.05) is 43.8 Å². The number of hydrogen-bond acceptors (Lipinski definition) is 5. The van der Waals surface area contributed by atoms with Crippen molar-refractivity contribution in [2.24, 2.45) is 0 Å². The number of aromatic nitrogens is 3. The second-order valence-electron chi connectivity index (χ2n) is 7.05. The van der Waals surface area contributed by atoms with Crippen LogP contribution in [0.15, 0.2) is 34.2 Å². The van der Waals surface area contributed by atoms with Gasteiger partial charge in [-0.25, -0.2) is 9.89 Å². The maximum Gasteiger partial charge on any atom is 0.344 e. The molecule has 0 radical (unpaired) electrons. The third-order valence-corrected chi connectivity index (χ3v) is 5.72. The number of benzene rings is 1. The molecule has 2 unspecified atom stereocenters. The summed E-state index contributed by atoms with van der Waals surface area (Å²) in [4.78, 5) is 24.7. The molecule has 27 heavy (non-hydrogen) atoms. The zero-order valence-electron chi connectivity index (χ0n) is 15.9. The molecule has 2 atom stereocenters. The van der Waals surface area contributed by atoms with Crippen LogP contribution in [-0.2, 0) is 16.1 Å². The van der Waals surface area contributed by atoms with Gasteiger partial charge in [0.15, 0.2) is 5.16 Å². The Hall–Kier alpha value is -2.06. The van der Waals surface area contributed by atoms with Crippen molar-refractivity contribution in [2.75, 3.05) is 11.9 Å². The standard InChI is InChI=1S/C19H26N4O3S/c1-12(2)15-8-4-5-9-16(15)20-17(24)13(3)27-19-22-21-18(25)23(19)11-14-7-6-10-26-14/h4-5,8-9,12-14H,6-7,10-11H2,1-3H3,(H,20,24)(H,21,25). The van der Waals surface area contributed by atoms with E-state index in [9.17, 15) is 9.59 Å². The molecule has 2 aromatic rings. The number of nitrogens with zero attached hydrogens (tertiary/aromatic N) is 2. The van der Waals surface area contributed by atoms with Gasteiger partial charge < -0.3 is 10.1 Å². The fourth-order valence-corrected chi connectivity index (χ4v) is 3.97. The van der Waals surface area contributed by atoms with Crippen LogP contribution in [0.3, 0.4) is 0 Å². The number of H-pyrrole nitrogens is 1. The highest BCUT2D eigenvalue weighted by molar-refractivity contribution is 8.00. The molecule has 1 amide bonds. The first kappa shape index (κ1) is 19.7. The van der Waals surface area contributed by atoms with Gasteiger partial charge in [0.1, 0.15) is 0 Å². The molecule has 146 valence electrons. The first-order valence-corrected chi connectivity index (χ1v) is 10.2. The molecule has 0 spiro atoms. The quantitative estimate of drug-likeness (QED) is 0.710. The lowest BCUT2D eigenvalue weighted by Crippen LogP contribution is -2.27. The van der Waals surface area contributed by atoms with Crippen molar-refractivity contribution in [3.63, 3.8) is 0 Å². The second kappa shape index (κ2) is 8.75. The molecule has 2 heterocycles. The van der Waals surface area contributed by atoms with Gasteiger partial charge in [-0.05, 0) is 37.3 Å². The van der Waals surface area contributed by atoms with Crippen molar-refractivity contribution in [1.82, 2.24) is 14.8 Å². The average Bonchev–Trinajstić information content (AvgIpc) is 3.27. The SMILES string of the molecule is CC(Sc1n[nH]c(=O)n1CC1CCCO1)C(=O)Nc1ccccc1C(C)C. The van der Waals surface area contributed by atoms with E-state index in [1.54, 1.807) is 4.57 Å². The minimum absolute atomic E-state index is 0.0294.